The SMILES string of the molecule is COc1ccc(C2(C(=O)Nc3ccc(OCCN4CCCC(C)C4)cc3)CCCC2)cc1. The van der Waals surface area contributed by atoms with Crippen molar-refractivity contribution < 1.29 is 14.3 Å². The van der Waals surface area contributed by atoms with Crippen LogP contribution < -0.4 is 14.8 Å². The van der Waals surface area contributed by atoms with E-state index >= 15 is 0 Å². The number of benzene rings is 2. The molecular formula is C27H36N2O3. The number of nitrogens with zero attached hydrogens (tertiary/aromatic N) is 1. The van der Waals surface area contributed by atoms with E-state index in [9.17, 15) is 4.79 Å². The molecule has 172 valence electrons. The fourth-order valence-electron chi connectivity index (χ4n) is 5.20. The number of hydrogen-bond acceptors (Lipinski definition) is 4. The first kappa shape index (κ1) is 22.7. The van der Waals surface area contributed by atoms with Crippen molar-refractivity contribution in [1.29, 1.82) is 0 Å². The molecule has 1 saturated heterocycles. The highest BCUT2D eigenvalue weighted by Gasteiger charge is 2.42. The van der Waals surface area contributed by atoms with Gasteiger partial charge in [0.05, 0.1) is 12.5 Å². The molecule has 1 amide bonds. The molecule has 32 heavy (non-hydrogen) atoms. The molecule has 4 rings (SSSR count). The lowest BCUT2D eigenvalue weighted by Crippen LogP contribution is -2.38. The van der Waals surface area contributed by atoms with Crippen LogP contribution in [0.4, 0.5) is 5.69 Å². The topological polar surface area (TPSA) is 50.8 Å². The summed E-state index contributed by atoms with van der Waals surface area (Å²) in [5.41, 5.74) is 1.42. The summed E-state index contributed by atoms with van der Waals surface area (Å²) < 4.78 is 11.2. The zero-order chi connectivity index (χ0) is 22.4. The summed E-state index contributed by atoms with van der Waals surface area (Å²) in [6, 6.07) is 15.7. The van der Waals surface area contributed by atoms with Gasteiger partial charge in [0.1, 0.15) is 18.1 Å². The number of rotatable bonds is 8. The minimum atomic E-state index is -0.465. The van der Waals surface area contributed by atoms with Crippen LogP contribution in [-0.2, 0) is 10.2 Å². The molecule has 0 bridgehead atoms. The van der Waals surface area contributed by atoms with E-state index in [2.05, 4.69) is 17.1 Å². The average Bonchev–Trinajstić information content (AvgIpc) is 3.32. The largest absolute Gasteiger partial charge is 0.497 e. The van der Waals surface area contributed by atoms with E-state index < -0.39 is 5.41 Å². The smallest absolute Gasteiger partial charge is 0.235 e. The molecule has 0 radical (unpaired) electrons. The fraction of sp³-hybridized carbons (Fsp3) is 0.519. The van der Waals surface area contributed by atoms with Crippen LogP contribution in [0.3, 0.4) is 0 Å². The highest BCUT2D eigenvalue weighted by atomic mass is 16.5. The number of nitrogens with one attached hydrogen (secondary N) is 1. The van der Waals surface area contributed by atoms with Crippen molar-refractivity contribution in [2.45, 2.75) is 50.9 Å². The van der Waals surface area contributed by atoms with Crippen LogP contribution >= 0.6 is 0 Å². The number of likely N-dealkylation sites (tertiary alicyclic amines) is 1. The van der Waals surface area contributed by atoms with E-state index in [1.165, 1.54) is 25.9 Å². The first-order valence-corrected chi connectivity index (χ1v) is 12.0. The first-order chi connectivity index (χ1) is 15.6. The van der Waals surface area contributed by atoms with Crippen LogP contribution in [0.25, 0.3) is 0 Å². The van der Waals surface area contributed by atoms with Crippen LogP contribution in [-0.4, -0.2) is 44.2 Å². The van der Waals surface area contributed by atoms with Gasteiger partial charge in [0.25, 0.3) is 0 Å². The normalized spacial score (nSPS) is 20.6. The van der Waals surface area contributed by atoms with Crippen molar-refractivity contribution in [3.63, 3.8) is 0 Å². The summed E-state index contributed by atoms with van der Waals surface area (Å²) in [7, 11) is 1.66. The number of amides is 1. The highest BCUT2D eigenvalue weighted by molar-refractivity contribution is 5.99. The number of carbonyl (C=O) groups excluding carboxylic acids is 1. The zero-order valence-electron chi connectivity index (χ0n) is 19.4. The third-order valence-electron chi connectivity index (χ3n) is 7.06. The third-order valence-corrected chi connectivity index (χ3v) is 7.06. The van der Waals surface area contributed by atoms with Crippen LogP contribution in [0.5, 0.6) is 11.5 Å². The van der Waals surface area contributed by atoms with Crippen LogP contribution in [0.15, 0.2) is 48.5 Å². The molecule has 2 aliphatic rings. The summed E-state index contributed by atoms with van der Waals surface area (Å²) in [6.07, 6.45) is 6.52. The highest BCUT2D eigenvalue weighted by Crippen LogP contribution is 2.42. The summed E-state index contributed by atoms with van der Waals surface area (Å²) in [4.78, 5) is 15.9. The standard InChI is InChI=1S/C27H36N2O3/c1-21-6-5-17-29(20-21)18-19-32-25-13-9-23(10-14-25)28-26(30)27(15-3-4-16-27)22-7-11-24(31-2)12-8-22/h7-14,21H,3-6,15-20H2,1-2H3,(H,28,30). The maximum atomic E-state index is 13.4. The van der Waals surface area contributed by atoms with Gasteiger partial charge >= 0.3 is 0 Å². The Kier molecular flexibility index (Phi) is 7.36. The average molecular weight is 437 g/mol. The Bertz CT molecular complexity index is 873. The Morgan fingerprint density at radius 2 is 1.72 bits per heavy atom. The second-order valence-corrected chi connectivity index (χ2v) is 9.39. The number of hydrogen-bond donors (Lipinski definition) is 1. The molecule has 2 fully saturated rings. The van der Waals surface area contributed by atoms with Gasteiger partial charge in [0.15, 0.2) is 0 Å². The summed E-state index contributed by atoms with van der Waals surface area (Å²) >= 11 is 0. The second-order valence-electron chi connectivity index (χ2n) is 9.39. The maximum absolute atomic E-state index is 13.4. The summed E-state index contributed by atoms with van der Waals surface area (Å²) in [5.74, 6) is 2.52. The second kappa shape index (κ2) is 10.4. The Morgan fingerprint density at radius 1 is 1.03 bits per heavy atom. The predicted octanol–water partition coefficient (Wildman–Crippen LogP) is 5.26. The lowest BCUT2D eigenvalue weighted by atomic mass is 9.78. The van der Waals surface area contributed by atoms with Gasteiger partial charge in [-0.1, -0.05) is 31.9 Å². The van der Waals surface area contributed by atoms with Crippen LogP contribution in [0.1, 0.15) is 51.0 Å². The van der Waals surface area contributed by atoms with Crippen molar-refractivity contribution in [3.8, 4) is 11.5 Å². The third kappa shape index (κ3) is 5.26. The minimum Gasteiger partial charge on any atom is -0.497 e. The van der Waals surface area contributed by atoms with E-state index in [1.807, 2.05) is 48.5 Å². The Labute approximate surface area is 192 Å². The molecule has 2 aromatic carbocycles. The zero-order valence-corrected chi connectivity index (χ0v) is 19.4. The van der Waals surface area contributed by atoms with Gasteiger partial charge in [-0.25, -0.2) is 0 Å². The number of piperidine rings is 1. The molecule has 1 saturated carbocycles. The molecule has 5 heteroatoms. The monoisotopic (exact) mass is 436 g/mol. The number of methoxy groups -OCH3 is 1. The van der Waals surface area contributed by atoms with Crippen molar-refractivity contribution in [2.24, 2.45) is 5.92 Å². The molecule has 1 unspecified atom stereocenters. The molecule has 1 atom stereocenters. The Balaban J connectivity index is 1.34. The van der Waals surface area contributed by atoms with Gasteiger partial charge in [-0.05, 0) is 80.1 Å². The first-order valence-electron chi connectivity index (χ1n) is 12.0. The van der Waals surface area contributed by atoms with E-state index in [1.54, 1.807) is 7.11 Å². The van der Waals surface area contributed by atoms with Crippen molar-refractivity contribution in [2.75, 3.05) is 38.7 Å². The van der Waals surface area contributed by atoms with E-state index in [0.29, 0.717) is 6.61 Å². The van der Waals surface area contributed by atoms with Crippen LogP contribution in [0, 0.1) is 5.92 Å². The van der Waals surface area contributed by atoms with E-state index in [-0.39, 0.29) is 5.91 Å². The van der Waals surface area contributed by atoms with Gasteiger partial charge in [-0.2, -0.15) is 0 Å². The molecule has 1 aliphatic carbocycles. The molecule has 1 aliphatic heterocycles. The quantitative estimate of drug-likeness (QED) is 0.614. The number of ether oxygens (including phenoxy) is 2. The Morgan fingerprint density at radius 3 is 2.38 bits per heavy atom. The Hall–Kier alpha value is -2.53. The van der Waals surface area contributed by atoms with Gasteiger partial charge in [-0.3, -0.25) is 9.69 Å². The van der Waals surface area contributed by atoms with E-state index in [4.69, 9.17) is 9.47 Å². The fourth-order valence-corrected chi connectivity index (χ4v) is 5.20. The maximum Gasteiger partial charge on any atom is 0.235 e. The van der Waals surface area contributed by atoms with Crippen molar-refractivity contribution in [3.05, 3.63) is 54.1 Å². The molecule has 1 N–H and O–H groups in total. The van der Waals surface area contributed by atoms with Gasteiger partial charge in [0.2, 0.25) is 5.91 Å². The molecule has 5 nitrogen and oxygen atoms in total. The lowest BCUT2D eigenvalue weighted by Gasteiger charge is -2.30. The molecule has 0 spiro atoms. The molecule has 1 heterocycles. The number of anilines is 1. The predicted molar refractivity (Wildman–Crippen MR) is 129 cm³/mol. The molecule has 2 aromatic rings. The number of carbonyl (C=O) groups is 1. The van der Waals surface area contributed by atoms with Gasteiger partial charge < -0.3 is 14.8 Å². The van der Waals surface area contributed by atoms with E-state index in [0.717, 1.165) is 60.9 Å². The summed E-state index contributed by atoms with van der Waals surface area (Å²) in [5, 5.41) is 3.16. The van der Waals surface area contributed by atoms with Gasteiger partial charge in [0, 0.05) is 18.8 Å². The van der Waals surface area contributed by atoms with Crippen LogP contribution in [0.2, 0.25) is 0 Å². The summed E-state index contributed by atoms with van der Waals surface area (Å²) in [6.45, 7) is 6.33. The lowest BCUT2D eigenvalue weighted by molar-refractivity contribution is -0.121. The minimum absolute atomic E-state index is 0.0769. The molecular weight excluding hydrogens is 400 g/mol. The van der Waals surface area contributed by atoms with Gasteiger partial charge in [-0.15, -0.1) is 0 Å². The van der Waals surface area contributed by atoms with Crippen molar-refractivity contribution in [1.82, 2.24) is 4.90 Å². The molecule has 0 aromatic heterocycles. The van der Waals surface area contributed by atoms with Crippen molar-refractivity contribution >= 4 is 11.6 Å².